The van der Waals surface area contributed by atoms with Gasteiger partial charge in [0.1, 0.15) is 11.3 Å². The second kappa shape index (κ2) is 13.8. The molecule has 0 atom stereocenters. The summed E-state index contributed by atoms with van der Waals surface area (Å²) < 4.78 is 54.5. The number of hydrogen-bond acceptors (Lipinski definition) is 10. The summed E-state index contributed by atoms with van der Waals surface area (Å²) in [5.74, 6) is 0.0599. The first-order valence-corrected chi connectivity index (χ1v) is 15.6. The van der Waals surface area contributed by atoms with Crippen molar-refractivity contribution in [3.8, 4) is 11.4 Å². The van der Waals surface area contributed by atoms with Crippen molar-refractivity contribution in [1.29, 1.82) is 0 Å². The lowest BCUT2D eigenvalue weighted by molar-refractivity contribution is -0.137. The van der Waals surface area contributed by atoms with Crippen LogP contribution in [-0.2, 0) is 27.0 Å². The van der Waals surface area contributed by atoms with Crippen LogP contribution in [-0.4, -0.2) is 125 Å². The van der Waals surface area contributed by atoms with Crippen LogP contribution >= 0.6 is 0 Å². The largest absolute Gasteiger partial charge is 0.453 e. The van der Waals surface area contributed by atoms with Gasteiger partial charge in [0, 0.05) is 77.3 Å². The van der Waals surface area contributed by atoms with Crippen molar-refractivity contribution >= 4 is 29.2 Å². The zero-order valence-electron chi connectivity index (χ0n) is 26.2. The molecular formula is C31H38F3N9O4. The van der Waals surface area contributed by atoms with Crippen molar-refractivity contribution in [2.75, 3.05) is 82.9 Å². The van der Waals surface area contributed by atoms with Gasteiger partial charge in [0.05, 0.1) is 31.5 Å². The Hall–Kier alpha value is -4.28. The summed E-state index contributed by atoms with van der Waals surface area (Å²) in [6.45, 7) is 11.3. The minimum Gasteiger partial charge on any atom is -0.453 e. The van der Waals surface area contributed by atoms with Crippen LogP contribution in [0.4, 0.5) is 29.6 Å². The molecule has 3 aliphatic heterocycles. The van der Waals surface area contributed by atoms with Gasteiger partial charge in [-0.3, -0.25) is 19.9 Å². The molecule has 3 saturated heterocycles. The van der Waals surface area contributed by atoms with Gasteiger partial charge in [-0.15, -0.1) is 5.10 Å². The summed E-state index contributed by atoms with van der Waals surface area (Å²) in [5.41, 5.74) is 0.322. The maximum absolute atomic E-state index is 14.3. The van der Waals surface area contributed by atoms with Gasteiger partial charge in [-0.25, -0.2) is 19.3 Å². The fourth-order valence-corrected chi connectivity index (χ4v) is 6.46. The van der Waals surface area contributed by atoms with E-state index in [0.29, 0.717) is 50.2 Å². The molecule has 16 heteroatoms. The maximum Gasteiger partial charge on any atom is 0.417 e. The normalized spacial score (nSPS) is 18.8. The SMILES string of the molecule is C=CC(=O)N1CCC(N2CCN(Cc3cc4c(N5CCOCC5)nc(-c5cnc(NC(=O)OC)cc5C(F)(F)F)nn4c3)CC2)CC1. The number of ether oxygens (including phenoxy) is 2. The van der Waals surface area contributed by atoms with Gasteiger partial charge >= 0.3 is 12.3 Å². The van der Waals surface area contributed by atoms with Crippen molar-refractivity contribution in [2.24, 2.45) is 0 Å². The van der Waals surface area contributed by atoms with Crippen molar-refractivity contribution < 1.29 is 32.2 Å². The number of nitrogens with one attached hydrogen (secondary N) is 1. The smallest absolute Gasteiger partial charge is 0.417 e. The molecule has 0 aromatic carbocycles. The number of hydrogen-bond donors (Lipinski definition) is 1. The van der Waals surface area contributed by atoms with Crippen LogP contribution < -0.4 is 10.2 Å². The summed E-state index contributed by atoms with van der Waals surface area (Å²) in [6.07, 6.45) is 0.431. The number of methoxy groups -OCH3 is 1. The number of aromatic nitrogens is 4. The number of piperazine rings is 1. The number of piperidine rings is 1. The number of nitrogens with zero attached hydrogens (tertiary/aromatic N) is 8. The number of anilines is 2. The zero-order chi connectivity index (χ0) is 33.1. The lowest BCUT2D eigenvalue weighted by atomic mass is 10.0. The Kier molecular flexibility index (Phi) is 9.61. The highest BCUT2D eigenvalue weighted by Gasteiger charge is 2.36. The number of fused-ring (bicyclic) bond motifs is 1. The highest BCUT2D eigenvalue weighted by Crippen LogP contribution is 2.38. The molecule has 1 N–H and O–H groups in total. The number of pyridine rings is 1. The monoisotopic (exact) mass is 657 g/mol. The minimum atomic E-state index is -4.77. The van der Waals surface area contributed by atoms with Crippen molar-refractivity contribution in [3.05, 3.63) is 48.3 Å². The summed E-state index contributed by atoms with van der Waals surface area (Å²) in [7, 11) is 1.11. The number of rotatable bonds is 7. The van der Waals surface area contributed by atoms with Crippen molar-refractivity contribution in [1.82, 2.24) is 34.3 Å². The predicted molar refractivity (Wildman–Crippen MR) is 167 cm³/mol. The predicted octanol–water partition coefficient (Wildman–Crippen LogP) is 3.12. The molecule has 6 rings (SSSR count). The number of likely N-dealkylation sites (tertiary alicyclic amines) is 1. The first-order chi connectivity index (χ1) is 22.6. The van der Waals surface area contributed by atoms with Gasteiger partial charge < -0.3 is 19.3 Å². The Morgan fingerprint density at radius 1 is 1.09 bits per heavy atom. The number of alkyl halides is 3. The van der Waals surface area contributed by atoms with Crippen molar-refractivity contribution in [3.63, 3.8) is 0 Å². The fraction of sp³-hybridized carbons (Fsp3) is 0.516. The third-order valence-electron chi connectivity index (χ3n) is 8.96. The zero-order valence-corrected chi connectivity index (χ0v) is 26.2. The molecule has 3 aromatic rings. The molecule has 0 spiro atoms. The van der Waals surface area contributed by atoms with Gasteiger partial charge in [-0.05, 0) is 36.6 Å². The molecular weight excluding hydrogens is 619 g/mol. The number of morpholine rings is 1. The van der Waals surface area contributed by atoms with E-state index in [-0.39, 0.29) is 23.1 Å². The van der Waals surface area contributed by atoms with E-state index in [0.717, 1.165) is 77.0 Å². The molecule has 0 unspecified atom stereocenters. The van der Waals surface area contributed by atoms with Gasteiger partial charge in [0.15, 0.2) is 11.6 Å². The van der Waals surface area contributed by atoms with E-state index in [1.54, 1.807) is 4.52 Å². The molecule has 0 saturated carbocycles. The van der Waals surface area contributed by atoms with Gasteiger partial charge in [0.25, 0.3) is 0 Å². The quantitative estimate of drug-likeness (QED) is 0.380. The van der Waals surface area contributed by atoms with E-state index in [1.807, 2.05) is 22.1 Å². The summed E-state index contributed by atoms with van der Waals surface area (Å²) in [4.78, 5) is 41.0. The summed E-state index contributed by atoms with van der Waals surface area (Å²) in [5, 5.41) is 6.71. The Morgan fingerprint density at radius 2 is 1.81 bits per heavy atom. The lowest BCUT2D eigenvalue weighted by Gasteiger charge is -2.42. The van der Waals surface area contributed by atoms with Crippen LogP contribution in [0.5, 0.6) is 0 Å². The Balaban J connectivity index is 1.23. The molecule has 3 aromatic heterocycles. The van der Waals surface area contributed by atoms with E-state index in [2.05, 4.69) is 41.5 Å². The molecule has 252 valence electrons. The lowest BCUT2D eigenvalue weighted by Crippen LogP contribution is -2.53. The molecule has 47 heavy (non-hydrogen) atoms. The van der Waals surface area contributed by atoms with E-state index < -0.39 is 17.8 Å². The molecule has 2 amide bonds. The fourth-order valence-electron chi connectivity index (χ4n) is 6.46. The van der Waals surface area contributed by atoms with Gasteiger partial charge in [-0.2, -0.15) is 13.2 Å². The van der Waals surface area contributed by atoms with E-state index in [4.69, 9.17) is 4.74 Å². The minimum absolute atomic E-state index is 0.00915. The van der Waals surface area contributed by atoms with Crippen molar-refractivity contribution in [2.45, 2.75) is 31.6 Å². The van der Waals surface area contributed by atoms with Gasteiger partial charge in [-0.1, -0.05) is 6.58 Å². The second-order valence-corrected chi connectivity index (χ2v) is 11.8. The van der Waals surface area contributed by atoms with Crippen LogP contribution in [0.3, 0.4) is 0 Å². The van der Waals surface area contributed by atoms with E-state index >= 15 is 0 Å². The van der Waals surface area contributed by atoms with Crippen LogP contribution in [0.2, 0.25) is 0 Å². The van der Waals surface area contributed by atoms with Crippen LogP contribution in [0, 0.1) is 0 Å². The third-order valence-corrected chi connectivity index (χ3v) is 8.96. The molecule has 0 bridgehead atoms. The van der Waals surface area contributed by atoms with Crippen LogP contribution in [0.15, 0.2) is 37.2 Å². The standard InChI is InChI=1S/C31H38F3N9O4/c1-3-27(44)41-6-4-22(5-7-41)40-10-8-39(9-11-40)19-21-16-25-29(42-12-14-47-15-13-42)37-28(38-43(25)20-21)23-18-35-26(36-30(45)46-2)17-24(23)31(32,33)34/h3,16-18,20,22H,1,4-15,19H2,2H3,(H,35,36,45). The molecule has 6 heterocycles. The Bertz CT molecular complexity index is 1610. The average Bonchev–Trinajstić information content (AvgIpc) is 3.50. The molecule has 0 radical (unpaired) electrons. The highest BCUT2D eigenvalue weighted by atomic mass is 19.4. The number of amides is 2. The highest BCUT2D eigenvalue weighted by molar-refractivity contribution is 5.87. The first kappa shape index (κ1) is 32.7. The number of halogens is 3. The Labute approximate surface area is 269 Å². The third kappa shape index (κ3) is 7.34. The van der Waals surface area contributed by atoms with Crippen LogP contribution in [0.1, 0.15) is 24.0 Å². The summed E-state index contributed by atoms with van der Waals surface area (Å²) in [6, 6.07) is 3.20. The molecule has 3 fully saturated rings. The first-order valence-electron chi connectivity index (χ1n) is 15.6. The Morgan fingerprint density at radius 3 is 2.47 bits per heavy atom. The van der Waals surface area contributed by atoms with Gasteiger partial charge in [0.2, 0.25) is 5.91 Å². The number of carbonyl (C=O) groups excluding carboxylic acids is 2. The average molecular weight is 658 g/mol. The number of carbonyl (C=O) groups is 2. The second-order valence-electron chi connectivity index (χ2n) is 11.8. The molecule has 13 nitrogen and oxygen atoms in total. The molecule has 0 aliphatic carbocycles. The maximum atomic E-state index is 14.3. The van der Waals surface area contributed by atoms with Crippen LogP contribution in [0.25, 0.3) is 16.9 Å². The topological polar surface area (TPSA) is 121 Å². The summed E-state index contributed by atoms with van der Waals surface area (Å²) >= 11 is 0. The van der Waals surface area contributed by atoms with E-state index in [9.17, 15) is 22.8 Å². The van der Waals surface area contributed by atoms with E-state index in [1.165, 1.54) is 6.08 Å². The molecule has 3 aliphatic rings.